The van der Waals surface area contributed by atoms with Gasteiger partial charge >= 0.3 is 5.97 Å². The zero-order chi connectivity index (χ0) is 27.0. The van der Waals surface area contributed by atoms with Crippen molar-refractivity contribution >= 4 is 22.8 Å². The summed E-state index contributed by atoms with van der Waals surface area (Å²) in [5.41, 5.74) is 4.00. The van der Waals surface area contributed by atoms with Crippen LogP contribution < -0.4 is 15.2 Å². The van der Waals surface area contributed by atoms with Crippen LogP contribution in [-0.2, 0) is 18.4 Å². The highest BCUT2D eigenvalue weighted by Gasteiger charge is 2.25. The molecule has 1 N–H and O–H groups in total. The summed E-state index contributed by atoms with van der Waals surface area (Å²) in [6.45, 7) is 4.80. The van der Waals surface area contributed by atoms with E-state index in [9.17, 15) is 19.1 Å². The van der Waals surface area contributed by atoms with E-state index in [0.29, 0.717) is 49.6 Å². The van der Waals surface area contributed by atoms with Gasteiger partial charge in [0, 0.05) is 50.6 Å². The van der Waals surface area contributed by atoms with Crippen LogP contribution in [0.5, 0.6) is 5.75 Å². The molecule has 0 bridgehead atoms. The van der Waals surface area contributed by atoms with Crippen LogP contribution in [0.1, 0.15) is 30.9 Å². The van der Waals surface area contributed by atoms with Crippen LogP contribution in [-0.4, -0.2) is 49.9 Å². The van der Waals surface area contributed by atoms with Gasteiger partial charge in [0.15, 0.2) is 0 Å². The number of para-hydroxylation sites is 1. The molecule has 0 saturated carbocycles. The average Bonchev–Trinajstić information content (AvgIpc) is 3.13. The summed E-state index contributed by atoms with van der Waals surface area (Å²) in [4.78, 5) is 35.4. The number of hydrogen-bond acceptors (Lipinski definition) is 6. The first-order valence-electron chi connectivity index (χ1n) is 12.6. The van der Waals surface area contributed by atoms with Gasteiger partial charge in [0.25, 0.3) is 5.56 Å². The molecule has 3 heterocycles. The van der Waals surface area contributed by atoms with E-state index in [1.165, 1.54) is 6.92 Å². The topological polar surface area (TPSA) is 102 Å². The second-order valence-electron chi connectivity index (χ2n) is 9.71. The minimum atomic E-state index is -1.46. The lowest BCUT2D eigenvalue weighted by Crippen LogP contribution is -2.37. The van der Waals surface area contributed by atoms with Crippen molar-refractivity contribution < 1.29 is 19.0 Å². The van der Waals surface area contributed by atoms with E-state index < -0.39 is 12.3 Å². The number of aliphatic carboxylic acids is 1. The number of piperidine rings is 1. The lowest BCUT2D eigenvalue weighted by molar-refractivity contribution is -0.142. The van der Waals surface area contributed by atoms with E-state index >= 15 is 0 Å². The molecule has 198 valence electrons. The quantitative estimate of drug-likeness (QED) is 0.391. The fraction of sp³-hybridized carbons (Fsp3) is 0.357. The number of carboxylic acids is 1. The number of nitrogens with zero attached hydrogens (tertiary/aromatic N) is 5. The molecule has 1 atom stereocenters. The van der Waals surface area contributed by atoms with Crippen LogP contribution in [0.3, 0.4) is 0 Å². The molecule has 9 nitrogen and oxygen atoms in total. The number of alkyl halides is 1. The zero-order valence-electron chi connectivity index (χ0n) is 21.6. The largest absolute Gasteiger partial charge is 0.481 e. The molecule has 1 aliphatic heterocycles. The molecule has 38 heavy (non-hydrogen) atoms. The minimum Gasteiger partial charge on any atom is -0.481 e. The van der Waals surface area contributed by atoms with Gasteiger partial charge in [-0.3, -0.25) is 19.0 Å². The van der Waals surface area contributed by atoms with Crippen molar-refractivity contribution in [1.29, 1.82) is 0 Å². The Morgan fingerprint density at radius 3 is 2.53 bits per heavy atom. The number of aromatic nitrogens is 4. The van der Waals surface area contributed by atoms with Crippen molar-refractivity contribution in [1.82, 2.24) is 19.3 Å². The summed E-state index contributed by atoms with van der Waals surface area (Å²) in [5, 5.41) is 9.82. The highest BCUT2D eigenvalue weighted by molar-refractivity contribution is 5.86. The normalized spacial score (nSPS) is 15.1. The van der Waals surface area contributed by atoms with Gasteiger partial charge in [-0.25, -0.2) is 14.4 Å². The Kier molecular flexibility index (Phi) is 6.88. The van der Waals surface area contributed by atoms with E-state index in [4.69, 9.17) is 4.74 Å². The highest BCUT2D eigenvalue weighted by Crippen LogP contribution is 2.29. The Balaban J connectivity index is 1.47. The van der Waals surface area contributed by atoms with Gasteiger partial charge in [0.05, 0.1) is 23.4 Å². The third-order valence-electron chi connectivity index (χ3n) is 7.17. The first-order chi connectivity index (χ1) is 18.2. The summed E-state index contributed by atoms with van der Waals surface area (Å²) >= 11 is 0. The van der Waals surface area contributed by atoms with Crippen LogP contribution in [0, 0.1) is 12.8 Å². The van der Waals surface area contributed by atoms with Crippen LogP contribution in [0.15, 0.2) is 53.6 Å². The monoisotopic (exact) mass is 519 g/mol. The molecule has 0 spiro atoms. The molecule has 0 amide bonds. The molecule has 1 fully saturated rings. The summed E-state index contributed by atoms with van der Waals surface area (Å²) in [5.74, 6) is -0.0615. The average molecular weight is 520 g/mol. The highest BCUT2D eigenvalue weighted by atomic mass is 19.1. The summed E-state index contributed by atoms with van der Waals surface area (Å²) in [7, 11) is 1.71. The fourth-order valence-electron chi connectivity index (χ4n) is 5.06. The van der Waals surface area contributed by atoms with Gasteiger partial charge in [-0.1, -0.05) is 18.2 Å². The summed E-state index contributed by atoms with van der Waals surface area (Å²) < 4.78 is 22.4. The molecule has 1 aliphatic rings. The first kappa shape index (κ1) is 25.4. The van der Waals surface area contributed by atoms with Gasteiger partial charge < -0.3 is 14.7 Å². The lowest BCUT2D eigenvalue weighted by atomic mass is 9.97. The molecule has 5 rings (SSSR count). The molecule has 2 aromatic heterocycles. The Labute approximate surface area is 219 Å². The molecule has 1 saturated heterocycles. The fourth-order valence-corrected chi connectivity index (χ4v) is 5.06. The predicted octanol–water partition coefficient (Wildman–Crippen LogP) is 4.15. The van der Waals surface area contributed by atoms with Crippen LogP contribution in [0.2, 0.25) is 0 Å². The van der Waals surface area contributed by atoms with Gasteiger partial charge in [-0.15, -0.1) is 0 Å². The first-order valence-corrected chi connectivity index (χ1v) is 12.6. The van der Waals surface area contributed by atoms with Gasteiger partial charge in [0.1, 0.15) is 5.75 Å². The maximum Gasteiger partial charge on any atom is 0.306 e. The lowest BCUT2D eigenvalue weighted by Gasteiger charge is -2.30. The SMILES string of the molecule is Cc1cc2c(=O)n(C)n(Cc3ccccc3OC(C)F)c2cc1-c1cnc(N2CCC(C(=O)O)CC2)nc1. The van der Waals surface area contributed by atoms with Crippen molar-refractivity contribution in [3.8, 4) is 16.9 Å². The number of benzene rings is 2. The zero-order valence-corrected chi connectivity index (χ0v) is 21.6. The molecule has 2 aromatic carbocycles. The minimum absolute atomic E-state index is 0.122. The molecular formula is C28H30FN5O4. The Morgan fingerprint density at radius 1 is 1.18 bits per heavy atom. The Bertz CT molecular complexity index is 1540. The number of carbonyl (C=O) groups is 1. The molecule has 0 radical (unpaired) electrons. The standard InChI is InChI=1S/C28H30FN5O4/c1-17-12-23-24(34(32(3)26(23)35)16-20-6-4-5-7-25(20)38-18(2)29)13-22(17)21-14-30-28(31-15-21)33-10-8-19(9-11-33)27(36)37/h4-7,12-15,18-19H,8-11,16H2,1-3H3,(H,36,37). The Morgan fingerprint density at radius 2 is 1.87 bits per heavy atom. The van der Waals surface area contributed by atoms with Crippen molar-refractivity contribution in [2.24, 2.45) is 13.0 Å². The van der Waals surface area contributed by atoms with E-state index in [0.717, 1.165) is 27.8 Å². The van der Waals surface area contributed by atoms with E-state index in [1.807, 2.05) is 40.8 Å². The maximum atomic E-state index is 13.6. The van der Waals surface area contributed by atoms with Crippen LogP contribution in [0.25, 0.3) is 22.0 Å². The number of anilines is 1. The van der Waals surface area contributed by atoms with Crippen molar-refractivity contribution in [2.75, 3.05) is 18.0 Å². The Hall–Kier alpha value is -4.21. The number of halogens is 1. The summed E-state index contributed by atoms with van der Waals surface area (Å²) in [6.07, 6.45) is 3.20. The van der Waals surface area contributed by atoms with Gasteiger partial charge in [-0.2, -0.15) is 0 Å². The number of aryl methyl sites for hydroxylation is 1. The number of ether oxygens (including phenoxy) is 1. The molecule has 10 heteroatoms. The second kappa shape index (κ2) is 10.3. The van der Waals surface area contributed by atoms with E-state index in [2.05, 4.69) is 9.97 Å². The van der Waals surface area contributed by atoms with Crippen molar-refractivity contribution in [3.05, 3.63) is 70.3 Å². The van der Waals surface area contributed by atoms with E-state index in [1.54, 1.807) is 36.3 Å². The third kappa shape index (κ3) is 4.85. The smallest absolute Gasteiger partial charge is 0.306 e. The van der Waals surface area contributed by atoms with Crippen molar-refractivity contribution in [2.45, 2.75) is 39.6 Å². The third-order valence-corrected chi connectivity index (χ3v) is 7.17. The molecule has 4 aromatic rings. The number of rotatable bonds is 7. The maximum absolute atomic E-state index is 13.6. The molecular weight excluding hydrogens is 489 g/mol. The van der Waals surface area contributed by atoms with Crippen LogP contribution in [0.4, 0.5) is 10.3 Å². The molecule has 0 aliphatic carbocycles. The molecule has 1 unspecified atom stereocenters. The number of fused-ring (bicyclic) bond motifs is 1. The predicted molar refractivity (Wildman–Crippen MR) is 142 cm³/mol. The van der Waals surface area contributed by atoms with Gasteiger partial charge in [-0.05, 0) is 49.1 Å². The number of carboxylic acid groups (broad SMARTS) is 1. The summed E-state index contributed by atoms with van der Waals surface area (Å²) in [6, 6.07) is 11.0. The van der Waals surface area contributed by atoms with E-state index in [-0.39, 0.29) is 11.5 Å². The van der Waals surface area contributed by atoms with Gasteiger partial charge in [0.2, 0.25) is 12.3 Å². The number of hydrogen-bond donors (Lipinski definition) is 1. The van der Waals surface area contributed by atoms with Crippen molar-refractivity contribution in [3.63, 3.8) is 0 Å². The van der Waals surface area contributed by atoms with Crippen LogP contribution >= 0.6 is 0 Å². The second-order valence-corrected chi connectivity index (χ2v) is 9.71.